The fourth-order valence-corrected chi connectivity index (χ4v) is 3.61. The first-order chi connectivity index (χ1) is 12.9. The normalized spacial score (nSPS) is 11.8. The smallest absolute Gasteiger partial charge is 0.218 e. The zero-order valence-corrected chi connectivity index (χ0v) is 15.8. The van der Waals surface area contributed by atoms with E-state index in [2.05, 4.69) is 15.5 Å². The first kappa shape index (κ1) is 18.7. The molecule has 0 unspecified atom stereocenters. The third-order valence-electron chi connectivity index (χ3n) is 3.87. The van der Waals surface area contributed by atoms with E-state index in [-0.39, 0.29) is 4.90 Å². The number of halogens is 1. The summed E-state index contributed by atoms with van der Waals surface area (Å²) >= 11 is 5.90. The number of aromatic amines is 1. The highest BCUT2D eigenvalue weighted by Gasteiger charge is 2.21. The molecule has 8 heteroatoms. The molecule has 0 radical (unpaired) electrons. The average Bonchev–Trinajstić information content (AvgIpc) is 3.11. The number of nitrogens with one attached hydrogen (secondary N) is 2. The second kappa shape index (κ2) is 7.66. The van der Waals surface area contributed by atoms with Crippen LogP contribution < -0.4 is 5.32 Å². The maximum Gasteiger partial charge on any atom is 0.218 e. The van der Waals surface area contributed by atoms with Gasteiger partial charge in [0.15, 0.2) is 4.91 Å². The van der Waals surface area contributed by atoms with Gasteiger partial charge in [0, 0.05) is 16.8 Å². The van der Waals surface area contributed by atoms with Crippen LogP contribution in [-0.2, 0) is 9.84 Å². The maximum atomic E-state index is 12.7. The first-order valence-electron chi connectivity index (χ1n) is 7.89. The largest absolute Gasteiger partial charge is 0.344 e. The van der Waals surface area contributed by atoms with Crippen molar-refractivity contribution in [2.45, 2.75) is 11.8 Å². The van der Waals surface area contributed by atoms with E-state index in [0.717, 1.165) is 17.3 Å². The van der Waals surface area contributed by atoms with Crippen LogP contribution in [0.2, 0.25) is 5.02 Å². The number of rotatable bonds is 5. The predicted octanol–water partition coefficient (Wildman–Crippen LogP) is 4.29. The quantitative estimate of drug-likeness (QED) is 0.624. The van der Waals surface area contributed by atoms with Crippen LogP contribution in [0.1, 0.15) is 5.56 Å². The van der Waals surface area contributed by atoms with Crippen molar-refractivity contribution < 1.29 is 8.42 Å². The highest BCUT2D eigenvalue weighted by Crippen LogP contribution is 2.27. The molecule has 0 amide bonds. The van der Waals surface area contributed by atoms with Crippen molar-refractivity contribution in [1.29, 1.82) is 5.26 Å². The number of hydrogen-bond acceptors (Lipinski definition) is 5. The third kappa shape index (κ3) is 4.03. The van der Waals surface area contributed by atoms with Gasteiger partial charge in [-0.05, 0) is 36.8 Å². The lowest BCUT2D eigenvalue weighted by molar-refractivity contribution is 0.603. The topological polar surface area (TPSA) is 98.6 Å². The number of benzene rings is 2. The number of aromatic nitrogens is 2. The lowest BCUT2D eigenvalue weighted by Crippen LogP contribution is -2.06. The lowest BCUT2D eigenvalue weighted by Gasteiger charge is -2.06. The third-order valence-corrected chi connectivity index (χ3v) is 5.81. The van der Waals surface area contributed by atoms with Crippen LogP contribution in [0.25, 0.3) is 11.1 Å². The van der Waals surface area contributed by atoms with E-state index >= 15 is 0 Å². The minimum absolute atomic E-state index is 0.0604. The van der Waals surface area contributed by atoms with Gasteiger partial charge in [-0.15, -0.1) is 0 Å². The molecule has 0 atom stereocenters. The molecule has 2 N–H and O–H groups in total. The van der Waals surface area contributed by atoms with E-state index in [1.54, 1.807) is 36.5 Å². The Morgan fingerprint density at radius 3 is 2.48 bits per heavy atom. The minimum atomic E-state index is -3.92. The van der Waals surface area contributed by atoms with Gasteiger partial charge in [-0.2, -0.15) is 10.4 Å². The molecule has 0 aliphatic rings. The molecular weight excluding hydrogens is 384 g/mol. The van der Waals surface area contributed by atoms with Crippen LogP contribution in [0.3, 0.4) is 0 Å². The molecule has 0 aliphatic carbocycles. The van der Waals surface area contributed by atoms with Crippen LogP contribution in [0, 0.1) is 18.3 Å². The number of anilines is 1. The van der Waals surface area contributed by atoms with E-state index < -0.39 is 14.7 Å². The number of allylic oxidation sites excluding steroid dienone is 1. The number of hydrogen-bond donors (Lipinski definition) is 2. The Bertz CT molecular complexity index is 1130. The van der Waals surface area contributed by atoms with Crippen LogP contribution in [0.5, 0.6) is 0 Å². The van der Waals surface area contributed by atoms with Gasteiger partial charge in [0.1, 0.15) is 11.9 Å². The number of sulfone groups is 1. The van der Waals surface area contributed by atoms with Crippen molar-refractivity contribution in [3.63, 3.8) is 0 Å². The van der Waals surface area contributed by atoms with Gasteiger partial charge >= 0.3 is 0 Å². The van der Waals surface area contributed by atoms with Gasteiger partial charge in [-0.25, -0.2) is 8.42 Å². The SMILES string of the molecule is Cc1ccc(S(=O)(=O)C(C#N)=CNc2[nH]ncc2-c2ccc(Cl)cc2)cc1. The lowest BCUT2D eigenvalue weighted by atomic mass is 10.1. The van der Waals surface area contributed by atoms with Crippen LogP contribution in [0.4, 0.5) is 5.82 Å². The zero-order chi connectivity index (χ0) is 19.4. The van der Waals surface area contributed by atoms with Crippen molar-refractivity contribution in [1.82, 2.24) is 10.2 Å². The van der Waals surface area contributed by atoms with Crippen molar-refractivity contribution >= 4 is 27.3 Å². The zero-order valence-electron chi connectivity index (χ0n) is 14.3. The molecule has 0 aliphatic heterocycles. The summed E-state index contributed by atoms with van der Waals surface area (Å²) in [5.74, 6) is 0.462. The van der Waals surface area contributed by atoms with Crippen molar-refractivity contribution in [2.24, 2.45) is 0 Å². The molecule has 3 aromatic rings. The van der Waals surface area contributed by atoms with Gasteiger partial charge in [-0.1, -0.05) is 41.4 Å². The fraction of sp³-hybridized carbons (Fsp3) is 0.0526. The molecule has 136 valence electrons. The number of aryl methyl sites for hydroxylation is 1. The van der Waals surface area contributed by atoms with Crippen molar-refractivity contribution in [3.05, 3.63) is 76.4 Å². The molecular formula is C19H15ClN4O2S. The van der Waals surface area contributed by atoms with Crippen LogP contribution in [0.15, 0.2) is 70.7 Å². The number of nitrogens with zero attached hydrogens (tertiary/aromatic N) is 2. The molecule has 0 bridgehead atoms. The Morgan fingerprint density at radius 1 is 1.19 bits per heavy atom. The summed E-state index contributed by atoms with van der Waals surface area (Å²) in [6.45, 7) is 1.86. The summed E-state index contributed by atoms with van der Waals surface area (Å²) in [7, 11) is -3.92. The average molecular weight is 399 g/mol. The van der Waals surface area contributed by atoms with Gasteiger partial charge in [0.25, 0.3) is 0 Å². The molecule has 1 aromatic heterocycles. The molecule has 0 spiro atoms. The van der Waals surface area contributed by atoms with Gasteiger partial charge in [0.2, 0.25) is 9.84 Å². The Labute approximate surface area is 162 Å². The van der Waals surface area contributed by atoms with E-state index in [1.165, 1.54) is 12.1 Å². The van der Waals surface area contributed by atoms with E-state index in [4.69, 9.17) is 11.6 Å². The standard InChI is InChI=1S/C19H15ClN4O2S/c1-13-2-8-16(9-3-13)27(25,26)17(10-21)11-22-19-18(12-23-24-19)14-4-6-15(20)7-5-14/h2-9,11-12H,1H3,(H2,22,23,24). The number of nitriles is 1. The van der Waals surface area contributed by atoms with Gasteiger partial charge in [0.05, 0.1) is 11.1 Å². The summed E-state index contributed by atoms with van der Waals surface area (Å²) in [5, 5.41) is 19.5. The summed E-state index contributed by atoms with van der Waals surface area (Å²) in [5.41, 5.74) is 2.48. The van der Waals surface area contributed by atoms with E-state index in [9.17, 15) is 13.7 Å². The summed E-state index contributed by atoms with van der Waals surface area (Å²) in [4.78, 5) is -0.340. The number of H-pyrrole nitrogens is 1. The molecule has 0 saturated heterocycles. The molecule has 6 nitrogen and oxygen atoms in total. The highest BCUT2D eigenvalue weighted by atomic mass is 35.5. The van der Waals surface area contributed by atoms with Crippen LogP contribution in [-0.4, -0.2) is 18.6 Å². The van der Waals surface area contributed by atoms with Gasteiger partial charge in [-0.3, -0.25) is 5.10 Å². The first-order valence-corrected chi connectivity index (χ1v) is 9.76. The highest BCUT2D eigenvalue weighted by molar-refractivity contribution is 7.95. The Morgan fingerprint density at radius 2 is 1.85 bits per heavy atom. The second-order valence-electron chi connectivity index (χ2n) is 5.75. The molecule has 0 fully saturated rings. The van der Waals surface area contributed by atoms with E-state index in [1.807, 2.05) is 19.1 Å². The summed E-state index contributed by atoms with van der Waals surface area (Å²) < 4.78 is 25.3. The predicted molar refractivity (Wildman–Crippen MR) is 105 cm³/mol. The van der Waals surface area contributed by atoms with E-state index in [0.29, 0.717) is 16.4 Å². The van der Waals surface area contributed by atoms with Crippen molar-refractivity contribution in [2.75, 3.05) is 5.32 Å². The molecule has 0 saturated carbocycles. The second-order valence-corrected chi connectivity index (χ2v) is 8.10. The molecule has 1 heterocycles. The fourth-order valence-electron chi connectivity index (χ4n) is 2.40. The van der Waals surface area contributed by atoms with Gasteiger partial charge < -0.3 is 5.32 Å². The Kier molecular flexibility index (Phi) is 5.31. The molecule has 27 heavy (non-hydrogen) atoms. The van der Waals surface area contributed by atoms with Crippen LogP contribution >= 0.6 is 11.6 Å². The van der Waals surface area contributed by atoms with Crippen molar-refractivity contribution in [3.8, 4) is 17.2 Å². The summed E-state index contributed by atoms with van der Waals surface area (Å²) in [6.07, 6.45) is 2.75. The molecule has 3 rings (SSSR count). The Hall–Kier alpha value is -3.08. The Balaban J connectivity index is 1.91. The molecule has 2 aromatic carbocycles. The summed E-state index contributed by atoms with van der Waals surface area (Å²) in [6, 6.07) is 15.2. The minimum Gasteiger partial charge on any atom is -0.344 e. The monoisotopic (exact) mass is 398 g/mol. The maximum absolute atomic E-state index is 12.7.